The highest BCUT2D eigenvalue weighted by Gasteiger charge is 2.27. The lowest BCUT2D eigenvalue weighted by atomic mass is 10.1. The van der Waals surface area contributed by atoms with Crippen molar-refractivity contribution >= 4 is 27.3 Å². The third-order valence-corrected chi connectivity index (χ3v) is 5.13. The van der Waals surface area contributed by atoms with E-state index in [4.69, 9.17) is 10.2 Å². The van der Waals surface area contributed by atoms with Crippen LogP contribution in [-0.2, 0) is 13.0 Å². The minimum atomic E-state index is 0.155. The molecule has 2 aromatic heterocycles. The quantitative estimate of drug-likeness (QED) is 0.942. The van der Waals surface area contributed by atoms with E-state index in [1.54, 1.807) is 6.26 Å². The molecule has 0 saturated heterocycles. The summed E-state index contributed by atoms with van der Waals surface area (Å²) >= 11 is 5.38. The molecule has 1 unspecified atom stereocenters. The van der Waals surface area contributed by atoms with Gasteiger partial charge < -0.3 is 10.2 Å². The summed E-state index contributed by atoms with van der Waals surface area (Å²) in [6.07, 6.45) is 2.82. The minimum absolute atomic E-state index is 0.155. The number of thiophene rings is 1. The van der Waals surface area contributed by atoms with Crippen molar-refractivity contribution in [2.45, 2.75) is 19.0 Å². The molecule has 5 heteroatoms. The van der Waals surface area contributed by atoms with E-state index in [1.807, 2.05) is 17.4 Å². The SMILES string of the molecule is NCC(c1occc1Br)N1CCc2sccc2C1. The molecule has 96 valence electrons. The second-order valence-electron chi connectivity index (χ2n) is 4.47. The van der Waals surface area contributed by atoms with Crippen LogP contribution in [-0.4, -0.2) is 18.0 Å². The predicted molar refractivity (Wildman–Crippen MR) is 76.6 cm³/mol. The Morgan fingerprint density at radius 2 is 2.39 bits per heavy atom. The molecular formula is C13H15BrN2OS. The number of fused-ring (bicyclic) bond motifs is 1. The molecule has 1 aliphatic heterocycles. The Kier molecular flexibility index (Phi) is 3.56. The number of nitrogens with zero attached hydrogens (tertiary/aromatic N) is 1. The van der Waals surface area contributed by atoms with Crippen LogP contribution in [0.15, 0.2) is 32.7 Å². The monoisotopic (exact) mass is 326 g/mol. The summed E-state index contributed by atoms with van der Waals surface area (Å²) in [4.78, 5) is 3.92. The molecule has 0 aliphatic carbocycles. The highest BCUT2D eigenvalue weighted by molar-refractivity contribution is 9.10. The van der Waals surface area contributed by atoms with Crippen LogP contribution < -0.4 is 5.73 Å². The van der Waals surface area contributed by atoms with Gasteiger partial charge >= 0.3 is 0 Å². The first-order valence-corrected chi connectivity index (χ1v) is 7.69. The lowest BCUT2D eigenvalue weighted by Gasteiger charge is -2.32. The van der Waals surface area contributed by atoms with E-state index in [9.17, 15) is 0 Å². The van der Waals surface area contributed by atoms with Gasteiger partial charge in [-0.2, -0.15) is 0 Å². The first-order chi connectivity index (χ1) is 8.79. The molecule has 0 bridgehead atoms. The Morgan fingerprint density at radius 1 is 1.50 bits per heavy atom. The van der Waals surface area contributed by atoms with E-state index in [-0.39, 0.29) is 6.04 Å². The average molecular weight is 327 g/mol. The van der Waals surface area contributed by atoms with Gasteiger partial charge in [-0.3, -0.25) is 4.90 Å². The van der Waals surface area contributed by atoms with Crippen LogP contribution in [0, 0.1) is 0 Å². The molecule has 0 aromatic carbocycles. The Labute approximate surface area is 119 Å². The summed E-state index contributed by atoms with van der Waals surface area (Å²) in [6.45, 7) is 2.59. The molecular weight excluding hydrogens is 312 g/mol. The molecule has 2 N–H and O–H groups in total. The summed E-state index contributed by atoms with van der Waals surface area (Å²) in [6, 6.07) is 4.30. The molecule has 0 radical (unpaired) electrons. The van der Waals surface area contributed by atoms with Crippen LogP contribution in [0.5, 0.6) is 0 Å². The van der Waals surface area contributed by atoms with Crippen LogP contribution in [0.25, 0.3) is 0 Å². The number of hydrogen-bond acceptors (Lipinski definition) is 4. The van der Waals surface area contributed by atoms with Gasteiger partial charge in [0.15, 0.2) is 0 Å². The largest absolute Gasteiger partial charge is 0.466 e. The second-order valence-corrected chi connectivity index (χ2v) is 6.33. The van der Waals surface area contributed by atoms with E-state index in [0.717, 1.165) is 29.7 Å². The van der Waals surface area contributed by atoms with E-state index in [2.05, 4.69) is 32.3 Å². The Bertz CT molecular complexity index is 537. The maximum Gasteiger partial charge on any atom is 0.136 e. The third-order valence-electron chi connectivity index (χ3n) is 3.45. The summed E-state index contributed by atoms with van der Waals surface area (Å²) < 4.78 is 6.58. The van der Waals surface area contributed by atoms with Crippen molar-refractivity contribution in [3.63, 3.8) is 0 Å². The van der Waals surface area contributed by atoms with Crippen LogP contribution in [0.4, 0.5) is 0 Å². The van der Waals surface area contributed by atoms with Gasteiger partial charge in [-0.05, 0) is 45.4 Å². The van der Waals surface area contributed by atoms with Gasteiger partial charge in [-0.25, -0.2) is 0 Å². The highest BCUT2D eigenvalue weighted by atomic mass is 79.9. The van der Waals surface area contributed by atoms with Gasteiger partial charge in [0, 0.05) is 24.5 Å². The maximum absolute atomic E-state index is 5.94. The number of hydrogen-bond donors (Lipinski definition) is 1. The fourth-order valence-corrected chi connectivity index (χ4v) is 3.86. The maximum atomic E-state index is 5.94. The van der Waals surface area contributed by atoms with Gasteiger partial charge in [-0.1, -0.05) is 0 Å². The topological polar surface area (TPSA) is 42.4 Å². The zero-order chi connectivity index (χ0) is 12.5. The number of nitrogens with two attached hydrogens (primary N) is 1. The molecule has 3 heterocycles. The number of rotatable bonds is 3. The van der Waals surface area contributed by atoms with E-state index in [1.165, 1.54) is 10.4 Å². The van der Waals surface area contributed by atoms with Crippen molar-refractivity contribution in [3.8, 4) is 0 Å². The number of halogens is 1. The summed E-state index contributed by atoms with van der Waals surface area (Å²) in [5.74, 6) is 0.941. The Morgan fingerprint density at radius 3 is 3.11 bits per heavy atom. The van der Waals surface area contributed by atoms with Gasteiger partial charge in [0.1, 0.15) is 5.76 Å². The lowest BCUT2D eigenvalue weighted by molar-refractivity contribution is 0.163. The molecule has 18 heavy (non-hydrogen) atoms. The Hall–Kier alpha value is -0.620. The summed E-state index contributed by atoms with van der Waals surface area (Å²) in [5.41, 5.74) is 7.38. The van der Waals surface area contributed by atoms with Gasteiger partial charge in [-0.15, -0.1) is 11.3 Å². The number of furan rings is 1. The van der Waals surface area contributed by atoms with Crippen LogP contribution in [0.2, 0.25) is 0 Å². The second kappa shape index (κ2) is 5.17. The molecule has 3 rings (SSSR count). The average Bonchev–Trinajstić information content (AvgIpc) is 2.99. The predicted octanol–water partition coefficient (Wildman–Crippen LogP) is 3.16. The Balaban J connectivity index is 1.84. The first-order valence-electron chi connectivity index (χ1n) is 6.02. The van der Waals surface area contributed by atoms with Crippen molar-refractivity contribution < 1.29 is 4.42 Å². The van der Waals surface area contributed by atoms with E-state index >= 15 is 0 Å². The van der Waals surface area contributed by atoms with Crippen molar-refractivity contribution in [3.05, 3.63) is 44.4 Å². The molecule has 3 nitrogen and oxygen atoms in total. The van der Waals surface area contributed by atoms with E-state index in [0.29, 0.717) is 6.54 Å². The molecule has 0 fully saturated rings. The first kappa shape index (κ1) is 12.4. The van der Waals surface area contributed by atoms with Crippen molar-refractivity contribution in [1.82, 2.24) is 4.90 Å². The molecule has 0 amide bonds. The van der Waals surface area contributed by atoms with Crippen LogP contribution in [0.3, 0.4) is 0 Å². The molecule has 0 spiro atoms. The van der Waals surface area contributed by atoms with Crippen molar-refractivity contribution in [2.75, 3.05) is 13.1 Å². The minimum Gasteiger partial charge on any atom is -0.466 e. The molecule has 0 saturated carbocycles. The standard InChI is InChI=1S/C13H15BrN2OS/c14-10-2-5-17-13(10)11(7-15)16-4-1-12-9(8-16)3-6-18-12/h2-3,5-6,11H,1,4,7-8,15H2. The molecule has 1 aliphatic rings. The normalized spacial score (nSPS) is 17.7. The van der Waals surface area contributed by atoms with Crippen molar-refractivity contribution in [2.24, 2.45) is 5.73 Å². The van der Waals surface area contributed by atoms with E-state index < -0.39 is 0 Å². The zero-order valence-corrected chi connectivity index (χ0v) is 12.3. The summed E-state index contributed by atoms with van der Waals surface area (Å²) in [7, 11) is 0. The fourth-order valence-electron chi connectivity index (χ4n) is 2.50. The van der Waals surface area contributed by atoms with Crippen LogP contribution in [0.1, 0.15) is 22.2 Å². The van der Waals surface area contributed by atoms with Gasteiger partial charge in [0.25, 0.3) is 0 Å². The van der Waals surface area contributed by atoms with Crippen molar-refractivity contribution in [1.29, 1.82) is 0 Å². The zero-order valence-electron chi connectivity index (χ0n) is 9.93. The third kappa shape index (κ3) is 2.16. The lowest BCUT2D eigenvalue weighted by Crippen LogP contribution is -2.37. The highest BCUT2D eigenvalue weighted by Crippen LogP contribution is 2.33. The molecule has 1 atom stereocenters. The molecule has 2 aromatic rings. The fraction of sp³-hybridized carbons (Fsp3) is 0.385. The van der Waals surface area contributed by atoms with Gasteiger partial charge in [0.2, 0.25) is 0 Å². The summed E-state index contributed by atoms with van der Waals surface area (Å²) in [5, 5.41) is 2.18. The van der Waals surface area contributed by atoms with Crippen LogP contribution >= 0.6 is 27.3 Å². The smallest absolute Gasteiger partial charge is 0.136 e. The van der Waals surface area contributed by atoms with Gasteiger partial charge in [0.05, 0.1) is 16.8 Å².